The molecule has 0 spiro atoms. The van der Waals surface area contributed by atoms with Gasteiger partial charge in [0.05, 0.1) is 10.7 Å². The van der Waals surface area contributed by atoms with Gasteiger partial charge in [0.25, 0.3) is 0 Å². The van der Waals surface area contributed by atoms with Gasteiger partial charge in [0, 0.05) is 26.2 Å². The lowest BCUT2D eigenvalue weighted by Gasteiger charge is -2.26. The normalized spacial score (nSPS) is 17.7. The van der Waals surface area contributed by atoms with Crippen LogP contribution >= 0.6 is 11.6 Å². The number of anilines is 1. The van der Waals surface area contributed by atoms with Gasteiger partial charge in [-0.1, -0.05) is 11.6 Å². The van der Waals surface area contributed by atoms with Crippen LogP contribution in [0.5, 0.6) is 0 Å². The summed E-state index contributed by atoms with van der Waals surface area (Å²) in [5, 5.41) is 3.01. The van der Waals surface area contributed by atoms with Crippen LogP contribution in [0.1, 0.15) is 0 Å². The minimum Gasteiger partial charge on any atom is -0.314 e. The Hall–Kier alpha value is -0.890. The van der Waals surface area contributed by atoms with Crippen molar-refractivity contribution in [3.63, 3.8) is 0 Å². The number of benzene rings is 1. The third kappa shape index (κ3) is 3.11. The molecular weight excluding hydrogens is 281 g/mol. The molecule has 0 bridgehead atoms. The molecule has 100 valence electrons. The summed E-state index contributed by atoms with van der Waals surface area (Å²) >= 11 is 5.53. The molecule has 0 amide bonds. The van der Waals surface area contributed by atoms with Gasteiger partial charge in [-0.05, 0) is 18.2 Å². The van der Waals surface area contributed by atoms with E-state index in [4.69, 9.17) is 11.6 Å². The van der Waals surface area contributed by atoms with E-state index in [1.54, 1.807) is 0 Å². The Bertz CT molecular complexity index is 532. The van der Waals surface area contributed by atoms with Gasteiger partial charge in [0.15, 0.2) is 0 Å². The fraction of sp³-hybridized carbons (Fsp3) is 0.400. The Morgan fingerprint density at radius 3 is 2.61 bits per heavy atom. The standard InChI is InChI=1S/C10H13ClFN3O2S/c11-9-2-1-8(7-10(9)12)14-18(16,17)15-5-3-13-4-6-15/h1-2,7,13-14H,3-6H2. The minimum atomic E-state index is -3.63. The summed E-state index contributed by atoms with van der Waals surface area (Å²) in [5.41, 5.74) is 0.162. The number of hydrogen-bond donors (Lipinski definition) is 2. The first-order chi connectivity index (χ1) is 8.49. The van der Waals surface area contributed by atoms with Gasteiger partial charge in [0.1, 0.15) is 5.82 Å². The van der Waals surface area contributed by atoms with Crippen LogP contribution < -0.4 is 10.0 Å². The maximum atomic E-state index is 13.2. The van der Waals surface area contributed by atoms with Crippen molar-refractivity contribution < 1.29 is 12.8 Å². The summed E-state index contributed by atoms with van der Waals surface area (Å²) in [4.78, 5) is 0. The van der Waals surface area contributed by atoms with Crippen molar-refractivity contribution in [1.82, 2.24) is 9.62 Å². The molecule has 1 aliphatic rings. The second-order valence-electron chi connectivity index (χ2n) is 3.89. The molecule has 8 heteroatoms. The first kappa shape index (κ1) is 13.5. The van der Waals surface area contributed by atoms with Crippen LogP contribution in [0, 0.1) is 5.82 Å². The van der Waals surface area contributed by atoms with Crippen LogP contribution in [0.2, 0.25) is 5.02 Å². The molecular formula is C10H13ClFN3O2S. The number of nitrogens with one attached hydrogen (secondary N) is 2. The Morgan fingerprint density at radius 2 is 2.00 bits per heavy atom. The number of piperazine rings is 1. The molecule has 0 unspecified atom stereocenters. The monoisotopic (exact) mass is 293 g/mol. The molecule has 18 heavy (non-hydrogen) atoms. The highest BCUT2D eigenvalue weighted by atomic mass is 35.5. The largest absolute Gasteiger partial charge is 0.314 e. The molecule has 1 aromatic carbocycles. The maximum Gasteiger partial charge on any atom is 0.301 e. The molecule has 5 nitrogen and oxygen atoms in total. The van der Waals surface area contributed by atoms with E-state index in [1.165, 1.54) is 16.4 Å². The predicted octanol–water partition coefficient (Wildman–Crippen LogP) is 1.04. The Labute approximate surface area is 110 Å². The molecule has 0 aromatic heterocycles. The van der Waals surface area contributed by atoms with Gasteiger partial charge < -0.3 is 5.32 Å². The minimum absolute atomic E-state index is 0.0416. The second kappa shape index (κ2) is 5.40. The van der Waals surface area contributed by atoms with Crippen molar-refractivity contribution >= 4 is 27.5 Å². The number of rotatable bonds is 3. The van der Waals surface area contributed by atoms with Crippen molar-refractivity contribution in [2.75, 3.05) is 30.9 Å². The van der Waals surface area contributed by atoms with E-state index in [0.717, 1.165) is 6.07 Å². The average molecular weight is 294 g/mol. The third-order valence-corrected chi connectivity index (χ3v) is 4.43. The highest BCUT2D eigenvalue weighted by Crippen LogP contribution is 2.20. The number of hydrogen-bond acceptors (Lipinski definition) is 3. The first-order valence-electron chi connectivity index (χ1n) is 5.43. The third-order valence-electron chi connectivity index (χ3n) is 2.58. The highest BCUT2D eigenvalue weighted by Gasteiger charge is 2.23. The van der Waals surface area contributed by atoms with Gasteiger partial charge in [-0.15, -0.1) is 0 Å². The SMILES string of the molecule is O=S(=O)(Nc1ccc(Cl)c(F)c1)N1CCNCC1. The summed E-state index contributed by atoms with van der Waals surface area (Å²) in [6.07, 6.45) is 0. The molecule has 0 aliphatic carbocycles. The van der Waals surface area contributed by atoms with E-state index in [-0.39, 0.29) is 10.7 Å². The van der Waals surface area contributed by atoms with Crippen molar-refractivity contribution in [3.05, 3.63) is 29.0 Å². The summed E-state index contributed by atoms with van der Waals surface area (Å²) < 4.78 is 40.8. The average Bonchev–Trinajstić information content (AvgIpc) is 2.35. The summed E-state index contributed by atoms with van der Waals surface area (Å²) in [6.45, 7) is 2.00. The van der Waals surface area contributed by atoms with Crippen LogP contribution in [0.4, 0.5) is 10.1 Å². The molecule has 1 aromatic rings. The molecule has 0 atom stereocenters. The first-order valence-corrected chi connectivity index (χ1v) is 7.24. The Kier molecular flexibility index (Phi) is 4.06. The summed E-state index contributed by atoms with van der Waals surface area (Å²) in [6, 6.07) is 3.79. The maximum absolute atomic E-state index is 13.2. The second-order valence-corrected chi connectivity index (χ2v) is 5.96. The van der Waals surface area contributed by atoms with E-state index in [0.29, 0.717) is 26.2 Å². The van der Waals surface area contributed by atoms with Gasteiger partial charge in [-0.25, -0.2) is 4.39 Å². The molecule has 0 radical (unpaired) electrons. The van der Waals surface area contributed by atoms with E-state index >= 15 is 0 Å². The van der Waals surface area contributed by atoms with Crippen molar-refractivity contribution in [2.24, 2.45) is 0 Å². The van der Waals surface area contributed by atoms with Gasteiger partial charge in [-0.2, -0.15) is 12.7 Å². The zero-order valence-electron chi connectivity index (χ0n) is 9.49. The Balaban J connectivity index is 2.13. The van der Waals surface area contributed by atoms with Crippen LogP contribution in [0.15, 0.2) is 18.2 Å². The lowest BCUT2D eigenvalue weighted by Crippen LogP contribution is -2.48. The van der Waals surface area contributed by atoms with Crippen LogP contribution in [-0.4, -0.2) is 38.9 Å². The lowest BCUT2D eigenvalue weighted by atomic mass is 10.3. The lowest BCUT2D eigenvalue weighted by molar-refractivity contribution is 0.362. The summed E-state index contributed by atoms with van der Waals surface area (Å²) in [7, 11) is -3.63. The van der Waals surface area contributed by atoms with E-state index in [9.17, 15) is 12.8 Å². The predicted molar refractivity (Wildman–Crippen MR) is 68.4 cm³/mol. The molecule has 1 saturated heterocycles. The molecule has 2 rings (SSSR count). The van der Waals surface area contributed by atoms with Gasteiger partial charge in [-0.3, -0.25) is 4.72 Å². The zero-order chi connectivity index (χ0) is 13.2. The van der Waals surface area contributed by atoms with Crippen molar-refractivity contribution in [3.8, 4) is 0 Å². The Morgan fingerprint density at radius 1 is 1.33 bits per heavy atom. The molecule has 1 heterocycles. The number of nitrogens with zero attached hydrogens (tertiary/aromatic N) is 1. The topological polar surface area (TPSA) is 61.4 Å². The van der Waals surface area contributed by atoms with Crippen molar-refractivity contribution in [2.45, 2.75) is 0 Å². The van der Waals surface area contributed by atoms with Gasteiger partial charge in [0.2, 0.25) is 0 Å². The fourth-order valence-corrected chi connectivity index (χ4v) is 2.99. The molecule has 1 aliphatic heterocycles. The van der Waals surface area contributed by atoms with Crippen LogP contribution in [0.25, 0.3) is 0 Å². The van der Waals surface area contributed by atoms with Crippen LogP contribution in [0.3, 0.4) is 0 Å². The molecule has 1 fully saturated rings. The zero-order valence-corrected chi connectivity index (χ0v) is 11.1. The highest BCUT2D eigenvalue weighted by molar-refractivity contribution is 7.90. The van der Waals surface area contributed by atoms with E-state index < -0.39 is 16.0 Å². The quantitative estimate of drug-likeness (QED) is 0.875. The summed E-state index contributed by atoms with van der Waals surface area (Å²) in [5.74, 6) is -0.655. The molecule has 0 saturated carbocycles. The van der Waals surface area contributed by atoms with E-state index in [2.05, 4.69) is 10.0 Å². The number of halogens is 2. The van der Waals surface area contributed by atoms with Crippen LogP contribution in [-0.2, 0) is 10.2 Å². The fourth-order valence-electron chi connectivity index (χ4n) is 1.66. The van der Waals surface area contributed by atoms with Crippen molar-refractivity contribution in [1.29, 1.82) is 0 Å². The van der Waals surface area contributed by atoms with Gasteiger partial charge >= 0.3 is 10.2 Å². The smallest absolute Gasteiger partial charge is 0.301 e. The van der Waals surface area contributed by atoms with E-state index in [1.807, 2.05) is 0 Å². The molecule has 2 N–H and O–H groups in total.